The predicted molar refractivity (Wildman–Crippen MR) is 92.3 cm³/mol. The largest absolute Gasteiger partial charge is 0.384 e. The second kappa shape index (κ2) is 8.20. The number of likely N-dealkylation sites (tertiary alicyclic amines) is 1. The van der Waals surface area contributed by atoms with Gasteiger partial charge in [0, 0.05) is 24.5 Å². The van der Waals surface area contributed by atoms with Gasteiger partial charge in [0.05, 0.1) is 0 Å². The van der Waals surface area contributed by atoms with Gasteiger partial charge in [-0.2, -0.15) is 0 Å². The van der Waals surface area contributed by atoms with Gasteiger partial charge in [0.2, 0.25) is 6.10 Å². The minimum Gasteiger partial charge on any atom is -0.384 e. The molecule has 1 fully saturated rings. The number of halogens is 1. The van der Waals surface area contributed by atoms with E-state index in [1.165, 1.54) is 0 Å². The van der Waals surface area contributed by atoms with E-state index in [4.69, 9.17) is 22.2 Å². The Kier molecular flexibility index (Phi) is 6.28. The number of amides is 1. The Bertz CT molecular complexity index is 569. The summed E-state index contributed by atoms with van der Waals surface area (Å²) in [6.07, 6.45) is 1.84. The number of nitrogens with two attached hydrogens (primary N) is 1. The summed E-state index contributed by atoms with van der Waals surface area (Å²) < 4.78 is 0. The van der Waals surface area contributed by atoms with Crippen molar-refractivity contribution in [2.45, 2.75) is 39.2 Å². The van der Waals surface area contributed by atoms with Gasteiger partial charge < -0.3 is 15.5 Å². The van der Waals surface area contributed by atoms with Crippen LogP contribution in [0.4, 0.5) is 0 Å². The molecule has 0 aliphatic carbocycles. The number of amidine groups is 1. The molecular formula is C17H24ClN3O2. The molecule has 0 aromatic heterocycles. The molecule has 0 saturated carbocycles. The number of nitrogens with zero attached hydrogens (tertiary/aromatic N) is 2. The van der Waals surface area contributed by atoms with E-state index in [2.05, 4.69) is 12.1 Å². The molecule has 0 bridgehead atoms. The van der Waals surface area contributed by atoms with Crippen LogP contribution in [0, 0.1) is 5.92 Å². The molecule has 0 unspecified atom stereocenters. The summed E-state index contributed by atoms with van der Waals surface area (Å²) in [4.78, 5) is 19.4. The first-order valence-electron chi connectivity index (χ1n) is 7.97. The van der Waals surface area contributed by atoms with Gasteiger partial charge in [-0.25, -0.2) is 0 Å². The van der Waals surface area contributed by atoms with Crippen molar-refractivity contribution < 1.29 is 9.63 Å². The van der Waals surface area contributed by atoms with E-state index in [1.54, 1.807) is 13.0 Å². The van der Waals surface area contributed by atoms with E-state index >= 15 is 0 Å². The highest BCUT2D eigenvalue weighted by atomic mass is 35.5. The number of hydrogen-bond acceptors (Lipinski definition) is 3. The van der Waals surface area contributed by atoms with Gasteiger partial charge in [-0.05, 0) is 37.3 Å². The van der Waals surface area contributed by atoms with Crippen molar-refractivity contribution in [1.29, 1.82) is 0 Å². The Morgan fingerprint density at radius 1 is 1.43 bits per heavy atom. The van der Waals surface area contributed by atoms with Gasteiger partial charge in [-0.3, -0.25) is 4.79 Å². The molecule has 1 aromatic carbocycles. The number of carbonyl (C=O) groups excluding carboxylic acids is 1. The molecule has 23 heavy (non-hydrogen) atoms. The maximum Gasteiger partial charge on any atom is 0.266 e. The summed E-state index contributed by atoms with van der Waals surface area (Å²) in [5.41, 5.74) is 6.74. The van der Waals surface area contributed by atoms with Crippen LogP contribution in [0.3, 0.4) is 0 Å². The van der Waals surface area contributed by atoms with Crippen LogP contribution in [0.5, 0.6) is 0 Å². The fraction of sp³-hybridized carbons (Fsp3) is 0.529. The molecular weight excluding hydrogens is 314 g/mol. The lowest BCUT2D eigenvalue weighted by molar-refractivity contribution is -0.144. The van der Waals surface area contributed by atoms with Crippen molar-refractivity contribution in [1.82, 2.24) is 4.90 Å². The lowest BCUT2D eigenvalue weighted by atomic mass is 9.99. The van der Waals surface area contributed by atoms with Gasteiger partial charge in [0.1, 0.15) is 5.84 Å². The lowest BCUT2D eigenvalue weighted by Crippen LogP contribution is -2.43. The quantitative estimate of drug-likeness (QED) is 0.510. The predicted octanol–water partition coefficient (Wildman–Crippen LogP) is 2.82. The Morgan fingerprint density at radius 2 is 2.09 bits per heavy atom. The summed E-state index contributed by atoms with van der Waals surface area (Å²) >= 11 is 6.08. The lowest BCUT2D eigenvalue weighted by Gasteiger charge is -2.31. The summed E-state index contributed by atoms with van der Waals surface area (Å²) in [7, 11) is 0. The maximum atomic E-state index is 12.3. The Morgan fingerprint density at radius 3 is 2.74 bits per heavy atom. The third kappa shape index (κ3) is 5.13. The van der Waals surface area contributed by atoms with Crippen molar-refractivity contribution in [2.75, 3.05) is 13.1 Å². The number of piperidine rings is 1. The third-order valence-electron chi connectivity index (χ3n) is 4.10. The second-order valence-electron chi connectivity index (χ2n) is 6.11. The van der Waals surface area contributed by atoms with Crippen LogP contribution in [0.15, 0.2) is 29.4 Å². The molecule has 2 N–H and O–H groups in total. The zero-order valence-corrected chi connectivity index (χ0v) is 14.4. The molecule has 1 saturated heterocycles. The van der Waals surface area contributed by atoms with E-state index in [1.807, 2.05) is 23.1 Å². The Balaban J connectivity index is 1.86. The molecule has 126 valence electrons. The number of benzene rings is 1. The molecule has 0 radical (unpaired) electrons. The number of rotatable bonds is 5. The minimum absolute atomic E-state index is 0.0359. The van der Waals surface area contributed by atoms with E-state index in [-0.39, 0.29) is 5.91 Å². The van der Waals surface area contributed by atoms with E-state index < -0.39 is 6.10 Å². The van der Waals surface area contributed by atoms with Crippen LogP contribution in [0.2, 0.25) is 5.02 Å². The molecule has 1 aliphatic rings. The maximum absolute atomic E-state index is 12.3. The van der Waals surface area contributed by atoms with Crippen molar-refractivity contribution in [3.8, 4) is 0 Å². The Hall–Kier alpha value is -1.75. The van der Waals surface area contributed by atoms with Crippen molar-refractivity contribution in [3.63, 3.8) is 0 Å². The summed E-state index contributed by atoms with van der Waals surface area (Å²) in [5, 5.41) is 4.52. The molecule has 5 nitrogen and oxygen atoms in total. The van der Waals surface area contributed by atoms with Crippen LogP contribution < -0.4 is 5.73 Å². The number of carbonyl (C=O) groups is 1. The third-order valence-corrected chi connectivity index (χ3v) is 4.47. The standard InChI is InChI=1S/C17H24ClN3O2/c1-12-7-9-21(10-8-12)17(22)13(2)23-20-16(19)11-14-5-3-4-6-15(14)18/h3-6,12-13H,7-11H2,1-2H3,(H2,19,20)/t13-/m1/s1. The highest BCUT2D eigenvalue weighted by Gasteiger charge is 2.25. The van der Waals surface area contributed by atoms with E-state index in [0.717, 1.165) is 31.5 Å². The summed E-state index contributed by atoms with van der Waals surface area (Å²) in [6.45, 7) is 5.48. The first-order valence-corrected chi connectivity index (χ1v) is 8.35. The molecule has 0 spiro atoms. The zero-order valence-electron chi connectivity index (χ0n) is 13.7. The average Bonchev–Trinajstić information content (AvgIpc) is 2.55. The van der Waals surface area contributed by atoms with Crippen LogP contribution in [-0.4, -0.2) is 35.8 Å². The van der Waals surface area contributed by atoms with Crippen LogP contribution in [0.1, 0.15) is 32.3 Å². The van der Waals surface area contributed by atoms with Gasteiger partial charge >= 0.3 is 0 Å². The average molecular weight is 338 g/mol. The van der Waals surface area contributed by atoms with Crippen LogP contribution >= 0.6 is 11.6 Å². The molecule has 1 heterocycles. The zero-order chi connectivity index (χ0) is 16.8. The van der Waals surface area contributed by atoms with E-state index in [0.29, 0.717) is 23.2 Å². The van der Waals surface area contributed by atoms with Crippen LogP contribution in [0.25, 0.3) is 0 Å². The molecule has 1 aliphatic heterocycles. The topological polar surface area (TPSA) is 67.9 Å². The minimum atomic E-state index is -0.631. The monoisotopic (exact) mass is 337 g/mol. The molecule has 6 heteroatoms. The van der Waals surface area contributed by atoms with Gasteiger partial charge in [-0.1, -0.05) is 41.9 Å². The molecule has 2 rings (SSSR count). The van der Waals surface area contributed by atoms with E-state index in [9.17, 15) is 4.79 Å². The first kappa shape index (κ1) is 17.6. The fourth-order valence-corrected chi connectivity index (χ4v) is 2.75. The summed E-state index contributed by atoms with van der Waals surface area (Å²) in [6, 6.07) is 7.43. The van der Waals surface area contributed by atoms with Gasteiger partial charge in [0.15, 0.2) is 0 Å². The molecule has 1 atom stereocenters. The van der Waals surface area contributed by atoms with Gasteiger partial charge in [0.25, 0.3) is 5.91 Å². The fourth-order valence-electron chi connectivity index (χ4n) is 2.55. The van der Waals surface area contributed by atoms with Gasteiger partial charge in [-0.15, -0.1) is 0 Å². The smallest absolute Gasteiger partial charge is 0.266 e. The second-order valence-corrected chi connectivity index (χ2v) is 6.51. The molecule has 1 amide bonds. The SMILES string of the molecule is CC1CCN(C(=O)[C@@H](C)O/N=C(\N)Cc2ccccc2Cl)CC1. The highest BCUT2D eigenvalue weighted by Crippen LogP contribution is 2.17. The number of hydrogen-bond donors (Lipinski definition) is 1. The molecule has 1 aromatic rings. The van der Waals surface area contributed by atoms with Crippen molar-refractivity contribution in [3.05, 3.63) is 34.9 Å². The summed E-state index contributed by atoms with van der Waals surface area (Å²) in [5.74, 6) is 0.941. The highest BCUT2D eigenvalue weighted by molar-refractivity contribution is 6.31. The number of oxime groups is 1. The normalized spacial score (nSPS) is 17.9. The van der Waals surface area contributed by atoms with Crippen LogP contribution in [-0.2, 0) is 16.1 Å². The first-order chi connectivity index (χ1) is 11.0. The van der Waals surface area contributed by atoms with Crippen molar-refractivity contribution >= 4 is 23.3 Å². The van der Waals surface area contributed by atoms with Crippen molar-refractivity contribution in [2.24, 2.45) is 16.8 Å². The Labute approximate surface area is 142 Å².